The third-order valence-corrected chi connectivity index (χ3v) is 3.59. The van der Waals surface area contributed by atoms with E-state index in [0.717, 1.165) is 29.5 Å². The predicted molar refractivity (Wildman–Crippen MR) is 56.7 cm³/mol. The molecule has 68 valence electrons. The molecule has 0 saturated carbocycles. The third kappa shape index (κ3) is 3.56. The highest BCUT2D eigenvalue weighted by Crippen LogP contribution is 2.18. The topological polar surface area (TPSA) is 38.9 Å². The first-order valence-electron chi connectivity index (χ1n) is 4.02. The molecule has 0 aliphatic rings. The number of aromatic nitrogens is 1. The van der Waals surface area contributed by atoms with Crippen molar-refractivity contribution in [3.8, 4) is 0 Å². The largest absolute Gasteiger partial charge is 0.330 e. The van der Waals surface area contributed by atoms with Crippen LogP contribution in [0, 0.1) is 6.92 Å². The van der Waals surface area contributed by atoms with Gasteiger partial charge in [-0.2, -0.15) is 11.8 Å². The molecular weight excluding hydrogens is 188 g/mol. The highest BCUT2D eigenvalue weighted by molar-refractivity contribution is 7.98. The minimum Gasteiger partial charge on any atom is -0.330 e. The second kappa shape index (κ2) is 5.56. The van der Waals surface area contributed by atoms with Gasteiger partial charge < -0.3 is 5.73 Å². The van der Waals surface area contributed by atoms with Gasteiger partial charge in [0.15, 0.2) is 0 Å². The molecule has 0 spiro atoms. The summed E-state index contributed by atoms with van der Waals surface area (Å²) in [5.74, 6) is 2.25. The van der Waals surface area contributed by atoms with Crippen LogP contribution in [-0.4, -0.2) is 17.3 Å². The second-order valence-corrected chi connectivity index (χ2v) is 4.96. The summed E-state index contributed by atoms with van der Waals surface area (Å²) in [7, 11) is 0. The van der Waals surface area contributed by atoms with E-state index in [-0.39, 0.29) is 0 Å². The zero-order valence-corrected chi connectivity index (χ0v) is 8.88. The van der Waals surface area contributed by atoms with Gasteiger partial charge in [0, 0.05) is 16.8 Å². The number of thiazole rings is 1. The van der Waals surface area contributed by atoms with E-state index in [1.54, 1.807) is 11.3 Å². The molecular formula is C8H14N2S2. The molecule has 0 aromatic carbocycles. The first kappa shape index (κ1) is 10.0. The van der Waals surface area contributed by atoms with E-state index in [4.69, 9.17) is 5.73 Å². The molecule has 2 nitrogen and oxygen atoms in total. The van der Waals surface area contributed by atoms with Crippen LogP contribution >= 0.6 is 23.1 Å². The quantitative estimate of drug-likeness (QED) is 0.743. The number of aryl methyl sites for hydroxylation is 1. The van der Waals surface area contributed by atoms with Gasteiger partial charge in [0.05, 0.1) is 5.01 Å². The summed E-state index contributed by atoms with van der Waals surface area (Å²) < 4.78 is 0. The summed E-state index contributed by atoms with van der Waals surface area (Å²) in [6.07, 6.45) is 3.08. The van der Waals surface area contributed by atoms with Crippen LogP contribution in [0.1, 0.15) is 16.3 Å². The van der Waals surface area contributed by atoms with E-state index in [1.165, 1.54) is 4.88 Å². The molecule has 0 saturated heterocycles. The van der Waals surface area contributed by atoms with Gasteiger partial charge in [0.2, 0.25) is 0 Å². The minimum absolute atomic E-state index is 0.800. The SMILES string of the molecule is Cc1ncc(CSCCCN)s1. The second-order valence-electron chi connectivity index (χ2n) is 2.54. The summed E-state index contributed by atoms with van der Waals surface area (Å²) >= 11 is 3.72. The Morgan fingerprint density at radius 2 is 2.50 bits per heavy atom. The fourth-order valence-electron chi connectivity index (χ4n) is 0.830. The molecule has 0 aliphatic heterocycles. The Morgan fingerprint density at radius 1 is 1.67 bits per heavy atom. The number of thioether (sulfide) groups is 1. The lowest BCUT2D eigenvalue weighted by Gasteiger charge is -1.95. The van der Waals surface area contributed by atoms with E-state index >= 15 is 0 Å². The average Bonchev–Trinajstić information content (AvgIpc) is 2.45. The van der Waals surface area contributed by atoms with Gasteiger partial charge in [-0.05, 0) is 25.6 Å². The number of hydrogen-bond donors (Lipinski definition) is 1. The van der Waals surface area contributed by atoms with Crippen molar-refractivity contribution >= 4 is 23.1 Å². The van der Waals surface area contributed by atoms with Gasteiger partial charge in [-0.15, -0.1) is 11.3 Å². The van der Waals surface area contributed by atoms with Crippen LogP contribution in [0.2, 0.25) is 0 Å². The maximum atomic E-state index is 5.39. The maximum Gasteiger partial charge on any atom is 0.0897 e. The molecule has 0 unspecified atom stereocenters. The first-order chi connectivity index (χ1) is 5.83. The lowest BCUT2D eigenvalue weighted by Crippen LogP contribution is -1.99. The van der Waals surface area contributed by atoms with Gasteiger partial charge in [-0.25, -0.2) is 4.98 Å². The van der Waals surface area contributed by atoms with Crippen LogP contribution in [0.3, 0.4) is 0 Å². The highest BCUT2D eigenvalue weighted by Gasteiger charge is 1.97. The van der Waals surface area contributed by atoms with Crippen molar-refractivity contribution in [3.05, 3.63) is 16.1 Å². The highest BCUT2D eigenvalue weighted by atomic mass is 32.2. The molecule has 0 bridgehead atoms. The molecule has 0 amide bonds. The molecule has 1 heterocycles. The van der Waals surface area contributed by atoms with Crippen LogP contribution in [0.5, 0.6) is 0 Å². The predicted octanol–water partition coefficient (Wildman–Crippen LogP) is 2.03. The van der Waals surface area contributed by atoms with Crippen LogP contribution < -0.4 is 5.73 Å². The molecule has 0 radical (unpaired) electrons. The zero-order valence-electron chi connectivity index (χ0n) is 7.25. The Balaban J connectivity index is 2.15. The molecule has 1 aromatic heterocycles. The number of hydrogen-bond acceptors (Lipinski definition) is 4. The standard InChI is InChI=1S/C8H14N2S2/c1-7-10-5-8(12-7)6-11-4-2-3-9/h5H,2-4,6,9H2,1H3. The Kier molecular flexibility index (Phi) is 4.65. The zero-order chi connectivity index (χ0) is 8.81. The molecule has 12 heavy (non-hydrogen) atoms. The van der Waals surface area contributed by atoms with Crippen LogP contribution in [0.25, 0.3) is 0 Å². The molecule has 0 fully saturated rings. The monoisotopic (exact) mass is 202 g/mol. The van der Waals surface area contributed by atoms with E-state index in [9.17, 15) is 0 Å². The summed E-state index contributed by atoms with van der Waals surface area (Å²) in [4.78, 5) is 5.57. The Hall–Kier alpha value is -0.0600. The van der Waals surface area contributed by atoms with E-state index in [1.807, 2.05) is 24.9 Å². The molecule has 0 aliphatic carbocycles. The molecule has 1 aromatic rings. The maximum absolute atomic E-state index is 5.39. The van der Waals surface area contributed by atoms with Gasteiger partial charge in [-0.3, -0.25) is 0 Å². The Morgan fingerprint density at radius 3 is 3.08 bits per heavy atom. The molecule has 2 N–H and O–H groups in total. The summed E-state index contributed by atoms with van der Waals surface area (Å²) in [5, 5.41) is 1.16. The van der Waals surface area contributed by atoms with Crippen molar-refractivity contribution in [1.82, 2.24) is 4.98 Å². The number of nitrogens with two attached hydrogens (primary N) is 1. The van der Waals surface area contributed by atoms with Crippen molar-refractivity contribution < 1.29 is 0 Å². The van der Waals surface area contributed by atoms with Crippen molar-refractivity contribution in [2.75, 3.05) is 12.3 Å². The smallest absolute Gasteiger partial charge is 0.0897 e. The van der Waals surface area contributed by atoms with E-state index in [0.29, 0.717) is 0 Å². The molecule has 4 heteroatoms. The van der Waals surface area contributed by atoms with Gasteiger partial charge >= 0.3 is 0 Å². The van der Waals surface area contributed by atoms with Crippen molar-refractivity contribution in [2.45, 2.75) is 19.1 Å². The number of rotatable bonds is 5. The van der Waals surface area contributed by atoms with Crippen molar-refractivity contribution in [1.29, 1.82) is 0 Å². The van der Waals surface area contributed by atoms with Crippen molar-refractivity contribution in [3.63, 3.8) is 0 Å². The van der Waals surface area contributed by atoms with Crippen LogP contribution in [0.4, 0.5) is 0 Å². The van der Waals surface area contributed by atoms with E-state index in [2.05, 4.69) is 4.98 Å². The lowest BCUT2D eigenvalue weighted by molar-refractivity contribution is 0.943. The Labute approximate surface area is 81.6 Å². The van der Waals surface area contributed by atoms with Crippen molar-refractivity contribution in [2.24, 2.45) is 5.73 Å². The minimum atomic E-state index is 0.800. The fraction of sp³-hybridized carbons (Fsp3) is 0.625. The summed E-state index contributed by atoms with van der Waals surface area (Å²) in [6.45, 7) is 2.84. The lowest BCUT2D eigenvalue weighted by atomic mass is 10.5. The van der Waals surface area contributed by atoms with Gasteiger partial charge in [0.1, 0.15) is 0 Å². The summed E-state index contributed by atoms with van der Waals surface area (Å²) in [5.41, 5.74) is 5.39. The number of nitrogens with zero attached hydrogens (tertiary/aromatic N) is 1. The fourth-order valence-corrected chi connectivity index (χ4v) is 2.70. The average molecular weight is 202 g/mol. The first-order valence-corrected chi connectivity index (χ1v) is 5.99. The molecule has 1 rings (SSSR count). The third-order valence-electron chi connectivity index (χ3n) is 1.41. The summed E-state index contributed by atoms with van der Waals surface area (Å²) in [6, 6.07) is 0. The van der Waals surface area contributed by atoms with E-state index < -0.39 is 0 Å². The van der Waals surface area contributed by atoms with Gasteiger partial charge in [0.25, 0.3) is 0 Å². The van der Waals surface area contributed by atoms with Crippen LogP contribution in [0.15, 0.2) is 6.20 Å². The molecule has 0 atom stereocenters. The Bertz CT molecular complexity index is 223. The van der Waals surface area contributed by atoms with Crippen LogP contribution in [-0.2, 0) is 5.75 Å². The van der Waals surface area contributed by atoms with Gasteiger partial charge in [-0.1, -0.05) is 0 Å². The normalized spacial score (nSPS) is 10.5.